The Hall–Kier alpha value is -1.76. The Morgan fingerprint density at radius 1 is 1.16 bits per heavy atom. The van der Waals surface area contributed by atoms with Crippen molar-refractivity contribution in [1.82, 2.24) is 4.90 Å². The maximum Gasteiger partial charge on any atom is 0.257 e. The molecule has 0 spiro atoms. The molecule has 0 aliphatic carbocycles. The van der Waals surface area contributed by atoms with E-state index in [0.717, 1.165) is 0 Å². The van der Waals surface area contributed by atoms with Gasteiger partial charge in [0.2, 0.25) is 0 Å². The molecule has 6 nitrogen and oxygen atoms in total. The number of hydrogen-bond acceptors (Lipinski definition) is 5. The summed E-state index contributed by atoms with van der Waals surface area (Å²) in [7, 11) is -3.09. The molecule has 1 heterocycles. The Morgan fingerprint density at radius 2 is 1.89 bits per heavy atom. The minimum absolute atomic E-state index is 0.0145. The van der Waals surface area contributed by atoms with Crippen molar-refractivity contribution in [1.29, 1.82) is 0 Å². The summed E-state index contributed by atoms with van der Waals surface area (Å²) >= 11 is 0. The van der Waals surface area contributed by atoms with E-state index in [-0.39, 0.29) is 35.1 Å². The van der Waals surface area contributed by atoms with Gasteiger partial charge in [-0.1, -0.05) is 0 Å². The molecule has 104 valence electrons. The molecule has 0 atom stereocenters. The van der Waals surface area contributed by atoms with Crippen LogP contribution in [0.5, 0.6) is 11.5 Å². The van der Waals surface area contributed by atoms with Crippen molar-refractivity contribution in [3.63, 3.8) is 0 Å². The second-order valence-corrected chi connectivity index (χ2v) is 6.80. The number of carbonyl (C=O) groups is 1. The van der Waals surface area contributed by atoms with E-state index < -0.39 is 15.7 Å². The molecule has 1 aromatic carbocycles. The molecule has 0 aromatic heterocycles. The van der Waals surface area contributed by atoms with Gasteiger partial charge in [0.1, 0.15) is 11.5 Å². The topological polar surface area (TPSA) is 94.9 Å². The van der Waals surface area contributed by atoms with Crippen molar-refractivity contribution in [3.05, 3.63) is 23.8 Å². The molecule has 2 N–H and O–H groups in total. The maximum atomic E-state index is 12.2. The number of phenols is 2. The van der Waals surface area contributed by atoms with Crippen LogP contribution >= 0.6 is 0 Å². The summed E-state index contributed by atoms with van der Waals surface area (Å²) in [6.45, 7) is 0.434. The van der Waals surface area contributed by atoms with Crippen LogP contribution in [-0.4, -0.2) is 54.0 Å². The number of benzene rings is 1. The van der Waals surface area contributed by atoms with E-state index in [0.29, 0.717) is 13.0 Å². The van der Waals surface area contributed by atoms with Crippen LogP contribution in [0.2, 0.25) is 0 Å². The van der Waals surface area contributed by atoms with Gasteiger partial charge in [0, 0.05) is 13.1 Å². The van der Waals surface area contributed by atoms with Gasteiger partial charge >= 0.3 is 0 Å². The fourth-order valence-electron chi connectivity index (χ4n) is 2.01. The highest BCUT2D eigenvalue weighted by atomic mass is 32.2. The number of carbonyl (C=O) groups excluding carboxylic acids is 1. The molecule has 0 radical (unpaired) electrons. The predicted octanol–water partition coefficient (Wildman–Crippen LogP) is 0.358. The van der Waals surface area contributed by atoms with Crippen molar-refractivity contribution in [2.24, 2.45) is 0 Å². The van der Waals surface area contributed by atoms with E-state index in [9.17, 15) is 23.4 Å². The highest BCUT2D eigenvalue weighted by Gasteiger charge is 2.25. The fourth-order valence-corrected chi connectivity index (χ4v) is 3.28. The van der Waals surface area contributed by atoms with Gasteiger partial charge in [0.15, 0.2) is 9.84 Å². The number of rotatable bonds is 1. The van der Waals surface area contributed by atoms with Crippen molar-refractivity contribution < 1.29 is 23.4 Å². The molecule has 1 aromatic rings. The molecule has 1 saturated heterocycles. The smallest absolute Gasteiger partial charge is 0.257 e. The zero-order valence-corrected chi connectivity index (χ0v) is 11.1. The lowest BCUT2D eigenvalue weighted by atomic mass is 10.1. The van der Waals surface area contributed by atoms with Crippen LogP contribution < -0.4 is 0 Å². The van der Waals surface area contributed by atoms with Crippen LogP contribution in [0.4, 0.5) is 0 Å². The molecule has 1 fully saturated rings. The average molecular weight is 285 g/mol. The van der Waals surface area contributed by atoms with Gasteiger partial charge in [-0.2, -0.15) is 0 Å². The maximum absolute atomic E-state index is 12.2. The molecule has 0 unspecified atom stereocenters. The summed E-state index contributed by atoms with van der Waals surface area (Å²) in [5.74, 6) is -0.815. The molecule has 2 rings (SSSR count). The summed E-state index contributed by atoms with van der Waals surface area (Å²) in [4.78, 5) is 13.6. The molecule has 0 saturated carbocycles. The highest BCUT2D eigenvalue weighted by molar-refractivity contribution is 7.91. The third-order valence-corrected chi connectivity index (χ3v) is 4.77. The van der Waals surface area contributed by atoms with Crippen molar-refractivity contribution in [2.75, 3.05) is 24.6 Å². The first-order valence-electron chi connectivity index (χ1n) is 5.91. The lowest BCUT2D eigenvalue weighted by Gasteiger charge is -2.20. The first kappa shape index (κ1) is 13.7. The largest absolute Gasteiger partial charge is 0.508 e. The van der Waals surface area contributed by atoms with Gasteiger partial charge < -0.3 is 15.1 Å². The lowest BCUT2D eigenvalue weighted by molar-refractivity contribution is 0.0765. The van der Waals surface area contributed by atoms with Gasteiger partial charge in [-0.05, 0) is 24.6 Å². The SMILES string of the molecule is O=C(c1cc(O)ccc1O)N1CCCS(=O)(=O)CC1. The van der Waals surface area contributed by atoms with E-state index in [1.165, 1.54) is 23.1 Å². The second kappa shape index (κ2) is 5.08. The monoisotopic (exact) mass is 285 g/mol. The van der Waals surface area contributed by atoms with E-state index in [4.69, 9.17) is 0 Å². The Labute approximate surface area is 111 Å². The number of hydrogen-bond donors (Lipinski definition) is 2. The van der Waals surface area contributed by atoms with Crippen molar-refractivity contribution >= 4 is 15.7 Å². The zero-order chi connectivity index (χ0) is 14.0. The molecular formula is C12H15NO5S. The number of nitrogens with zero attached hydrogens (tertiary/aromatic N) is 1. The summed E-state index contributed by atoms with van der Waals surface area (Å²) in [5.41, 5.74) is -0.0145. The van der Waals surface area contributed by atoms with Gasteiger partial charge in [0.25, 0.3) is 5.91 Å². The van der Waals surface area contributed by atoms with Gasteiger partial charge in [-0.15, -0.1) is 0 Å². The molecule has 1 amide bonds. The van der Waals surface area contributed by atoms with E-state index >= 15 is 0 Å². The van der Waals surface area contributed by atoms with Gasteiger partial charge in [-0.3, -0.25) is 4.79 Å². The predicted molar refractivity (Wildman–Crippen MR) is 68.9 cm³/mol. The number of amides is 1. The molecular weight excluding hydrogens is 270 g/mol. The van der Waals surface area contributed by atoms with Crippen LogP contribution in [0, 0.1) is 0 Å². The van der Waals surface area contributed by atoms with Crippen LogP contribution in [0.3, 0.4) is 0 Å². The first-order valence-corrected chi connectivity index (χ1v) is 7.73. The molecule has 0 bridgehead atoms. The molecule has 7 heteroatoms. The Balaban J connectivity index is 2.22. The summed E-state index contributed by atoms with van der Waals surface area (Å²) < 4.78 is 22.9. The molecule has 1 aliphatic heterocycles. The van der Waals surface area contributed by atoms with Crippen LogP contribution in [-0.2, 0) is 9.84 Å². The van der Waals surface area contributed by atoms with Gasteiger partial charge in [0.05, 0.1) is 17.1 Å². The quantitative estimate of drug-likeness (QED) is 0.726. The summed E-state index contributed by atoms with van der Waals surface area (Å²) in [5, 5.41) is 19.0. The van der Waals surface area contributed by atoms with Crippen LogP contribution in [0.25, 0.3) is 0 Å². The second-order valence-electron chi connectivity index (χ2n) is 4.50. The third-order valence-electron chi connectivity index (χ3n) is 3.05. The van der Waals surface area contributed by atoms with Crippen molar-refractivity contribution in [3.8, 4) is 11.5 Å². The van der Waals surface area contributed by atoms with Crippen LogP contribution in [0.1, 0.15) is 16.8 Å². The minimum atomic E-state index is -3.09. The zero-order valence-electron chi connectivity index (χ0n) is 10.2. The van der Waals surface area contributed by atoms with Crippen LogP contribution in [0.15, 0.2) is 18.2 Å². The first-order chi connectivity index (χ1) is 8.89. The third kappa shape index (κ3) is 3.17. The Morgan fingerprint density at radius 3 is 2.63 bits per heavy atom. The number of aromatic hydroxyl groups is 2. The molecule has 19 heavy (non-hydrogen) atoms. The lowest BCUT2D eigenvalue weighted by Crippen LogP contribution is -2.33. The Kier molecular flexibility index (Phi) is 3.66. The minimum Gasteiger partial charge on any atom is -0.508 e. The number of sulfone groups is 1. The Bertz CT molecular complexity index is 596. The number of phenolic OH excluding ortho intramolecular Hbond substituents is 2. The summed E-state index contributed by atoms with van der Waals surface area (Å²) in [6, 6.07) is 3.69. The van der Waals surface area contributed by atoms with E-state index in [1.807, 2.05) is 0 Å². The van der Waals surface area contributed by atoms with E-state index in [2.05, 4.69) is 0 Å². The summed E-state index contributed by atoms with van der Waals surface area (Å²) in [6.07, 6.45) is 0.383. The van der Waals surface area contributed by atoms with Crippen molar-refractivity contribution in [2.45, 2.75) is 6.42 Å². The fraction of sp³-hybridized carbons (Fsp3) is 0.417. The molecule has 1 aliphatic rings. The normalized spacial score (nSPS) is 18.8. The average Bonchev–Trinajstić information content (AvgIpc) is 2.52. The van der Waals surface area contributed by atoms with Gasteiger partial charge in [-0.25, -0.2) is 8.42 Å². The highest BCUT2D eigenvalue weighted by Crippen LogP contribution is 2.24. The van der Waals surface area contributed by atoms with E-state index in [1.54, 1.807) is 0 Å². The standard InChI is InChI=1S/C12H15NO5S/c14-9-2-3-11(15)10(8-9)12(16)13-4-1-6-19(17,18)7-5-13/h2-3,8,14-15H,1,4-7H2.